The number of anilines is 2. The van der Waals surface area contributed by atoms with Crippen LogP contribution in [-0.2, 0) is 17.2 Å². The lowest BCUT2D eigenvalue weighted by Gasteiger charge is -2.42. The van der Waals surface area contributed by atoms with Gasteiger partial charge in [0.05, 0.1) is 33.7 Å². The fourth-order valence-corrected chi connectivity index (χ4v) is 5.37. The van der Waals surface area contributed by atoms with Crippen LogP contribution in [0.4, 0.5) is 11.6 Å². The van der Waals surface area contributed by atoms with Crippen molar-refractivity contribution in [2.45, 2.75) is 42.7 Å². The summed E-state index contributed by atoms with van der Waals surface area (Å²) in [6, 6.07) is 0. The first kappa shape index (κ1) is 19.8. The van der Waals surface area contributed by atoms with Gasteiger partial charge in [-0.05, 0) is 31.3 Å². The number of halogens is 1. The topological polar surface area (TPSA) is 104 Å². The molecule has 4 heterocycles. The highest BCUT2D eigenvalue weighted by Crippen LogP contribution is 2.38. The molecule has 1 aliphatic carbocycles. The fourth-order valence-electron chi connectivity index (χ4n) is 4.10. The predicted molar refractivity (Wildman–Crippen MR) is 116 cm³/mol. The van der Waals surface area contributed by atoms with Crippen molar-refractivity contribution in [2.75, 3.05) is 35.7 Å². The molecule has 1 fully saturated rings. The molecule has 0 saturated heterocycles. The van der Waals surface area contributed by atoms with Crippen molar-refractivity contribution < 1.29 is 9.32 Å². The van der Waals surface area contributed by atoms with E-state index in [4.69, 9.17) is 21.6 Å². The summed E-state index contributed by atoms with van der Waals surface area (Å²) in [5, 5.41) is 14.5. The largest absolute Gasteiger partial charge is 0.394 e. The molecule has 0 spiro atoms. The van der Waals surface area contributed by atoms with Crippen LogP contribution in [0, 0.1) is 0 Å². The second-order valence-electron chi connectivity index (χ2n) is 8.01. The Bertz CT molecular complexity index is 1020. The van der Waals surface area contributed by atoms with Crippen molar-refractivity contribution in [1.82, 2.24) is 19.9 Å². The summed E-state index contributed by atoms with van der Waals surface area (Å²) >= 11 is 5.89. The molecule has 2 aliphatic heterocycles. The van der Waals surface area contributed by atoms with E-state index in [2.05, 4.69) is 26.3 Å². The number of fused-ring (bicyclic) bond motifs is 1. The van der Waals surface area contributed by atoms with E-state index >= 15 is 0 Å². The fraction of sp³-hybridized carbons (Fsp3) is 0.500. The van der Waals surface area contributed by atoms with Crippen LogP contribution in [0.3, 0.4) is 0 Å². The second-order valence-corrected chi connectivity index (χ2v) is 9.94. The smallest absolute Gasteiger partial charge is 0.172 e. The minimum Gasteiger partial charge on any atom is -0.394 e. The maximum absolute atomic E-state index is 12.3. The Morgan fingerprint density at radius 3 is 2.67 bits per heavy atom. The van der Waals surface area contributed by atoms with E-state index in [0.29, 0.717) is 40.4 Å². The second kappa shape index (κ2) is 7.86. The molecule has 8 nitrogen and oxygen atoms in total. The molecule has 0 unspecified atom stereocenters. The van der Waals surface area contributed by atoms with Crippen molar-refractivity contribution in [3.63, 3.8) is 0 Å². The summed E-state index contributed by atoms with van der Waals surface area (Å²) in [5.41, 5.74) is 1.54. The van der Waals surface area contributed by atoms with Crippen LogP contribution in [0.1, 0.15) is 37.2 Å². The molecular formula is C20H23ClN6O2S. The maximum atomic E-state index is 12.3. The van der Waals surface area contributed by atoms with Gasteiger partial charge in [-0.15, -0.1) is 0 Å². The van der Waals surface area contributed by atoms with Crippen LogP contribution in [0.5, 0.6) is 0 Å². The Morgan fingerprint density at radius 2 is 2.03 bits per heavy atom. The highest BCUT2D eigenvalue weighted by atomic mass is 35.5. The number of aliphatic hydroxyl groups excluding tert-OH is 1. The van der Waals surface area contributed by atoms with Gasteiger partial charge < -0.3 is 15.3 Å². The zero-order valence-corrected chi connectivity index (χ0v) is 18.0. The molecule has 2 N–H and O–H groups in total. The molecule has 30 heavy (non-hydrogen) atoms. The lowest BCUT2D eigenvalue weighted by atomic mass is 9.77. The van der Waals surface area contributed by atoms with Gasteiger partial charge in [-0.1, -0.05) is 17.7 Å². The summed E-state index contributed by atoms with van der Waals surface area (Å²) in [4.78, 5) is 20.4. The Morgan fingerprint density at radius 1 is 1.23 bits per heavy atom. The van der Waals surface area contributed by atoms with Crippen molar-refractivity contribution in [1.29, 1.82) is 0 Å². The summed E-state index contributed by atoms with van der Waals surface area (Å²) in [6.45, 7) is 1.44. The van der Waals surface area contributed by atoms with E-state index < -0.39 is 10.8 Å². The molecule has 2 aromatic heterocycles. The van der Waals surface area contributed by atoms with E-state index in [9.17, 15) is 9.32 Å². The van der Waals surface area contributed by atoms with Gasteiger partial charge in [0.25, 0.3) is 0 Å². The van der Waals surface area contributed by atoms with E-state index in [1.54, 1.807) is 12.4 Å². The molecule has 3 aliphatic rings. The van der Waals surface area contributed by atoms with Gasteiger partial charge in [-0.2, -0.15) is 0 Å². The number of nitrogens with one attached hydrogen (secondary N) is 1. The molecule has 0 bridgehead atoms. The lowest BCUT2D eigenvalue weighted by Crippen LogP contribution is -2.49. The van der Waals surface area contributed by atoms with Crippen LogP contribution >= 0.6 is 11.6 Å². The van der Waals surface area contributed by atoms with Crippen LogP contribution in [0.15, 0.2) is 23.5 Å². The summed E-state index contributed by atoms with van der Waals surface area (Å²) in [5.74, 6) is 2.65. The lowest BCUT2D eigenvalue weighted by molar-refractivity contribution is 0.143. The zero-order valence-electron chi connectivity index (χ0n) is 16.5. The van der Waals surface area contributed by atoms with E-state index in [0.717, 1.165) is 49.3 Å². The summed E-state index contributed by atoms with van der Waals surface area (Å²) < 4.78 is 12.3. The van der Waals surface area contributed by atoms with Crippen LogP contribution in [0.2, 0.25) is 5.02 Å². The first-order chi connectivity index (χ1) is 14.6. The van der Waals surface area contributed by atoms with E-state index in [-0.39, 0.29) is 12.1 Å². The molecule has 0 amide bonds. The van der Waals surface area contributed by atoms with Crippen molar-refractivity contribution in [3.05, 3.63) is 35.0 Å². The molecule has 0 aromatic carbocycles. The van der Waals surface area contributed by atoms with Gasteiger partial charge >= 0.3 is 0 Å². The van der Waals surface area contributed by atoms with Gasteiger partial charge in [0.2, 0.25) is 0 Å². The van der Waals surface area contributed by atoms with Crippen LogP contribution in [-0.4, -0.2) is 60.2 Å². The normalized spacial score (nSPS) is 22.3. The third-order valence-electron chi connectivity index (χ3n) is 6.07. The van der Waals surface area contributed by atoms with E-state index in [1.165, 1.54) is 0 Å². The highest BCUT2D eigenvalue weighted by Gasteiger charge is 2.38. The number of aromatic nitrogens is 4. The molecule has 1 saturated carbocycles. The number of hydrogen-bond donors (Lipinski definition) is 2. The molecule has 0 radical (unpaired) electrons. The molecule has 5 rings (SSSR count). The highest BCUT2D eigenvalue weighted by molar-refractivity contribution is 7.85. The van der Waals surface area contributed by atoms with Gasteiger partial charge in [-0.3, -0.25) is 4.21 Å². The third-order valence-corrected chi connectivity index (χ3v) is 7.59. The molecular weight excluding hydrogens is 424 g/mol. The van der Waals surface area contributed by atoms with Crippen molar-refractivity contribution in [3.8, 4) is 0 Å². The van der Waals surface area contributed by atoms with Gasteiger partial charge in [0, 0.05) is 37.7 Å². The molecule has 10 heteroatoms. The molecule has 2 aromatic rings. The standard InChI is InChI=1S/C20H23ClN6O2S/c21-14-10-22-16(23-11-14)13-2-7-27(8-3-13)18-17(26-20(12-28)5-1-6-20)25-19-15(24-18)4-9-30(19)29/h2,10-11,28H,1,3-9,12H2,(H,25,26)/t30-/m1/s1. The summed E-state index contributed by atoms with van der Waals surface area (Å²) in [6.07, 6.45) is 9.64. The average Bonchev–Trinajstić information content (AvgIpc) is 3.11. The van der Waals surface area contributed by atoms with Crippen molar-refractivity contribution >= 4 is 39.6 Å². The quantitative estimate of drug-likeness (QED) is 0.720. The monoisotopic (exact) mass is 446 g/mol. The van der Waals surface area contributed by atoms with Crippen molar-refractivity contribution in [2.24, 2.45) is 0 Å². The van der Waals surface area contributed by atoms with Gasteiger partial charge in [0.15, 0.2) is 22.5 Å². The SMILES string of the molecule is O=[S@@]1CCc2nc(N3CC=C(c4ncc(Cl)cn4)CC3)c(NC3(CO)CCC3)nc21. The zero-order chi connectivity index (χ0) is 20.7. The van der Waals surface area contributed by atoms with Crippen LogP contribution < -0.4 is 10.2 Å². The number of aliphatic hydroxyl groups is 1. The molecule has 158 valence electrons. The average molecular weight is 447 g/mol. The Hall–Kier alpha value is -2.10. The first-order valence-electron chi connectivity index (χ1n) is 10.2. The van der Waals surface area contributed by atoms with Crippen LogP contribution in [0.25, 0.3) is 5.57 Å². The minimum atomic E-state index is -1.10. The first-order valence-corrected chi connectivity index (χ1v) is 11.9. The number of rotatable bonds is 5. The number of nitrogens with zero attached hydrogens (tertiary/aromatic N) is 5. The van der Waals surface area contributed by atoms with Gasteiger partial charge in [0.1, 0.15) is 0 Å². The Kier molecular flexibility index (Phi) is 5.20. The predicted octanol–water partition coefficient (Wildman–Crippen LogP) is 2.20. The Labute approximate surface area is 182 Å². The van der Waals surface area contributed by atoms with Gasteiger partial charge in [-0.25, -0.2) is 19.9 Å². The number of hydrogen-bond acceptors (Lipinski definition) is 8. The Balaban J connectivity index is 1.45. The third kappa shape index (κ3) is 3.59. The maximum Gasteiger partial charge on any atom is 0.172 e. The van der Waals surface area contributed by atoms with E-state index in [1.807, 2.05) is 0 Å². The summed E-state index contributed by atoms with van der Waals surface area (Å²) in [7, 11) is -1.10. The minimum absolute atomic E-state index is 0.0479. The number of aryl methyl sites for hydroxylation is 1. The molecule has 1 atom stereocenters.